The molecule has 17 heavy (non-hydrogen) atoms. The monoisotopic (exact) mass is 271 g/mol. The average molecular weight is 272 g/mol. The lowest BCUT2D eigenvalue weighted by molar-refractivity contribution is 0.629. The first-order chi connectivity index (χ1) is 8.00. The van der Waals surface area contributed by atoms with Gasteiger partial charge in [-0.25, -0.2) is 0 Å². The molecule has 0 fully saturated rings. The molecule has 1 nitrogen and oxygen atoms in total. The van der Waals surface area contributed by atoms with E-state index in [0.717, 1.165) is 16.7 Å². The standard InChI is InChI=1S/C14H22ClNS/c1-10(2)7-8-17-14(11(3)16)12-5-4-6-13(15)9-12/h4-6,9-11,14H,7-8,16H2,1-3H3. The van der Waals surface area contributed by atoms with Gasteiger partial charge >= 0.3 is 0 Å². The number of hydrogen-bond acceptors (Lipinski definition) is 2. The maximum Gasteiger partial charge on any atom is 0.0446 e. The molecule has 0 heterocycles. The van der Waals surface area contributed by atoms with Crippen molar-refractivity contribution in [1.29, 1.82) is 0 Å². The van der Waals surface area contributed by atoms with Crippen LogP contribution in [0.5, 0.6) is 0 Å². The SMILES string of the molecule is CC(C)CCSC(c1cccc(Cl)c1)C(C)N. The second kappa shape index (κ2) is 7.30. The van der Waals surface area contributed by atoms with Crippen LogP contribution in [0, 0.1) is 5.92 Å². The fourth-order valence-electron chi connectivity index (χ4n) is 1.67. The minimum Gasteiger partial charge on any atom is -0.327 e. The van der Waals surface area contributed by atoms with Gasteiger partial charge in [0.05, 0.1) is 0 Å². The molecule has 3 heteroatoms. The van der Waals surface area contributed by atoms with Crippen molar-refractivity contribution in [2.75, 3.05) is 5.75 Å². The van der Waals surface area contributed by atoms with Crippen LogP contribution in [0.2, 0.25) is 5.02 Å². The number of rotatable bonds is 6. The molecule has 96 valence electrons. The lowest BCUT2D eigenvalue weighted by atomic mass is 10.1. The second-order valence-corrected chi connectivity index (χ2v) is 6.57. The van der Waals surface area contributed by atoms with Gasteiger partial charge < -0.3 is 5.73 Å². The van der Waals surface area contributed by atoms with Crippen molar-refractivity contribution >= 4 is 23.4 Å². The van der Waals surface area contributed by atoms with Crippen molar-refractivity contribution in [3.63, 3.8) is 0 Å². The Morgan fingerprint density at radius 2 is 2.00 bits per heavy atom. The maximum absolute atomic E-state index is 6.07. The van der Waals surface area contributed by atoms with Gasteiger partial charge in [-0.2, -0.15) is 11.8 Å². The molecular weight excluding hydrogens is 250 g/mol. The van der Waals surface area contributed by atoms with E-state index in [0.29, 0.717) is 5.25 Å². The van der Waals surface area contributed by atoms with Crippen LogP contribution in [0.4, 0.5) is 0 Å². The van der Waals surface area contributed by atoms with Crippen molar-refractivity contribution in [1.82, 2.24) is 0 Å². The highest BCUT2D eigenvalue weighted by atomic mass is 35.5. The summed E-state index contributed by atoms with van der Waals surface area (Å²) in [5, 5.41) is 1.13. The number of thioether (sulfide) groups is 1. The van der Waals surface area contributed by atoms with E-state index in [4.69, 9.17) is 17.3 Å². The molecule has 2 N–H and O–H groups in total. The van der Waals surface area contributed by atoms with Crippen LogP contribution in [0.3, 0.4) is 0 Å². The number of benzene rings is 1. The highest BCUT2D eigenvalue weighted by molar-refractivity contribution is 7.99. The van der Waals surface area contributed by atoms with Gasteiger partial charge in [0, 0.05) is 16.3 Å². The van der Waals surface area contributed by atoms with Gasteiger partial charge in [-0.05, 0) is 42.7 Å². The Bertz CT molecular complexity index is 339. The summed E-state index contributed by atoms with van der Waals surface area (Å²) < 4.78 is 0. The van der Waals surface area contributed by atoms with Crippen LogP contribution < -0.4 is 5.73 Å². The van der Waals surface area contributed by atoms with Gasteiger partial charge in [0.2, 0.25) is 0 Å². The summed E-state index contributed by atoms with van der Waals surface area (Å²) in [7, 11) is 0. The Morgan fingerprint density at radius 1 is 1.29 bits per heavy atom. The molecule has 0 aliphatic carbocycles. The summed E-state index contributed by atoms with van der Waals surface area (Å²) in [6.45, 7) is 6.57. The summed E-state index contributed by atoms with van der Waals surface area (Å²) in [6.07, 6.45) is 1.23. The van der Waals surface area contributed by atoms with Crippen LogP contribution in [0.15, 0.2) is 24.3 Å². The molecule has 1 rings (SSSR count). The molecule has 1 aromatic carbocycles. The van der Waals surface area contributed by atoms with Crippen molar-refractivity contribution in [3.05, 3.63) is 34.9 Å². The molecule has 0 aliphatic heterocycles. The molecule has 0 saturated carbocycles. The van der Waals surface area contributed by atoms with E-state index in [9.17, 15) is 0 Å². The number of hydrogen-bond donors (Lipinski definition) is 1. The minimum atomic E-state index is 0.144. The smallest absolute Gasteiger partial charge is 0.0446 e. The van der Waals surface area contributed by atoms with Crippen molar-refractivity contribution in [3.8, 4) is 0 Å². The summed E-state index contributed by atoms with van der Waals surface area (Å²) in [5.74, 6) is 1.90. The minimum absolute atomic E-state index is 0.144. The van der Waals surface area contributed by atoms with Gasteiger partial charge in [0.15, 0.2) is 0 Å². The molecule has 0 amide bonds. The number of halogens is 1. The van der Waals surface area contributed by atoms with Crippen molar-refractivity contribution < 1.29 is 0 Å². The highest BCUT2D eigenvalue weighted by Gasteiger charge is 2.16. The first-order valence-electron chi connectivity index (χ1n) is 6.13. The molecule has 0 bridgehead atoms. The molecule has 0 spiro atoms. The van der Waals surface area contributed by atoms with Gasteiger partial charge in [0.1, 0.15) is 0 Å². The lowest BCUT2D eigenvalue weighted by Crippen LogP contribution is -2.23. The van der Waals surface area contributed by atoms with Crippen LogP contribution in [0.25, 0.3) is 0 Å². The third-order valence-corrected chi connectivity index (χ3v) is 4.41. The number of nitrogens with two attached hydrogens (primary N) is 1. The molecule has 0 radical (unpaired) electrons. The Balaban J connectivity index is 2.66. The van der Waals surface area contributed by atoms with Crippen LogP contribution in [0.1, 0.15) is 38.0 Å². The first kappa shape index (κ1) is 14.9. The molecular formula is C14H22ClNS. The Morgan fingerprint density at radius 3 is 2.53 bits per heavy atom. The van der Waals surface area contributed by atoms with Crippen molar-refractivity contribution in [2.24, 2.45) is 11.7 Å². The van der Waals surface area contributed by atoms with Crippen molar-refractivity contribution in [2.45, 2.75) is 38.5 Å². The van der Waals surface area contributed by atoms with Crippen LogP contribution in [-0.4, -0.2) is 11.8 Å². The Kier molecular flexibility index (Phi) is 6.39. The molecule has 2 unspecified atom stereocenters. The molecule has 1 aromatic rings. The molecule has 2 atom stereocenters. The second-order valence-electron chi connectivity index (χ2n) is 4.89. The topological polar surface area (TPSA) is 26.0 Å². The predicted molar refractivity (Wildman–Crippen MR) is 79.8 cm³/mol. The largest absolute Gasteiger partial charge is 0.327 e. The highest BCUT2D eigenvalue weighted by Crippen LogP contribution is 2.33. The van der Waals surface area contributed by atoms with E-state index < -0.39 is 0 Å². The fourth-order valence-corrected chi connectivity index (χ4v) is 3.37. The zero-order valence-corrected chi connectivity index (χ0v) is 12.4. The predicted octanol–water partition coefficient (Wildman–Crippen LogP) is 4.51. The van der Waals surface area contributed by atoms with E-state index in [1.807, 2.05) is 30.0 Å². The zero-order chi connectivity index (χ0) is 12.8. The van der Waals surface area contributed by atoms with Gasteiger partial charge in [-0.1, -0.05) is 37.6 Å². The molecule has 0 aromatic heterocycles. The molecule has 0 aliphatic rings. The van der Waals surface area contributed by atoms with Gasteiger partial charge in [0.25, 0.3) is 0 Å². The summed E-state index contributed by atoms with van der Waals surface area (Å²) in [5.41, 5.74) is 7.31. The van der Waals surface area contributed by atoms with E-state index >= 15 is 0 Å². The quantitative estimate of drug-likeness (QED) is 0.824. The lowest BCUT2D eigenvalue weighted by Gasteiger charge is -2.21. The first-order valence-corrected chi connectivity index (χ1v) is 7.56. The summed E-state index contributed by atoms with van der Waals surface area (Å²) in [4.78, 5) is 0. The van der Waals surface area contributed by atoms with E-state index in [2.05, 4.69) is 26.8 Å². The molecule has 0 saturated heterocycles. The third kappa shape index (κ3) is 5.33. The third-order valence-electron chi connectivity index (χ3n) is 2.65. The Labute approximate surface area is 114 Å². The fraction of sp³-hybridized carbons (Fsp3) is 0.571. The zero-order valence-electron chi connectivity index (χ0n) is 10.8. The van der Waals surface area contributed by atoms with E-state index in [-0.39, 0.29) is 6.04 Å². The normalized spacial score (nSPS) is 14.9. The Hall–Kier alpha value is -0.180. The van der Waals surface area contributed by atoms with Gasteiger partial charge in [-0.15, -0.1) is 0 Å². The maximum atomic E-state index is 6.07. The van der Waals surface area contributed by atoms with Crippen LogP contribution in [-0.2, 0) is 0 Å². The van der Waals surface area contributed by atoms with E-state index in [1.165, 1.54) is 12.0 Å². The van der Waals surface area contributed by atoms with Crippen LogP contribution >= 0.6 is 23.4 Å². The summed E-state index contributed by atoms with van der Waals surface area (Å²) >= 11 is 7.96. The van der Waals surface area contributed by atoms with Gasteiger partial charge in [-0.3, -0.25) is 0 Å². The summed E-state index contributed by atoms with van der Waals surface area (Å²) in [6, 6.07) is 8.18. The van der Waals surface area contributed by atoms with E-state index in [1.54, 1.807) is 0 Å². The average Bonchev–Trinajstić information content (AvgIpc) is 2.23.